The molecule has 1 atom stereocenters. The molecule has 0 saturated heterocycles. The van der Waals surface area contributed by atoms with Crippen LogP contribution in [0.1, 0.15) is 39.9 Å². The van der Waals surface area contributed by atoms with E-state index in [0.717, 1.165) is 11.3 Å². The predicted molar refractivity (Wildman–Crippen MR) is 91.9 cm³/mol. The highest BCUT2D eigenvalue weighted by molar-refractivity contribution is 9.09. The fraction of sp³-hybridized carbons (Fsp3) is 0.333. The second kappa shape index (κ2) is 6.41. The van der Waals surface area contributed by atoms with Gasteiger partial charge in [0.1, 0.15) is 5.75 Å². The molecular weight excluding hydrogens is 348 g/mol. The first-order valence-electron chi connectivity index (χ1n) is 7.28. The molecule has 0 aromatic heterocycles. The van der Waals surface area contributed by atoms with Crippen LogP contribution in [0.2, 0.25) is 5.02 Å². The Morgan fingerprint density at radius 1 is 1.05 bits per heavy atom. The summed E-state index contributed by atoms with van der Waals surface area (Å²) in [4.78, 5) is 0.122. The molecule has 2 aromatic carbocycles. The minimum atomic E-state index is 0.122. The van der Waals surface area contributed by atoms with E-state index < -0.39 is 0 Å². The molecule has 1 aliphatic rings. The lowest BCUT2D eigenvalue weighted by Crippen LogP contribution is -2.04. The van der Waals surface area contributed by atoms with Crippen molar-refractivity contribution in [1.82, 2.24) is 0 Å². The third-order valence-electron chi connectivity index (χ3n) is 4.13. The molecule has 0 amide bonds. The number of methoxy groups -OCH3 is 1. The van der Waals surface area contributed by atoms with Crippen molar-refractivity contribution in [2.45, 2.75) is 30.5 Å². The normalized spacial score (nSPS) is 15.4. The molecule has 0 fully saturated rings. The molecule has 2 aromatic rings. The smallest absolute Gasteiger partial charge is 0.125 e. The first-order valence-corrected chi connectivity index (χ1v) is 8.57. The maximum Gasteiger partial charge on any atom is 0.125 e. The fourth-order valence-electron chi connectivity index (χ4n) is 2.98. The molecule has 0 radical (unpaired) electrons. The van der Waals surface area contributed by atoms with Crippen molar-refractivity contribution in [1.29, 1.82) is 0 Å². The van der Waals surface area contributed by atoms with Crippen molar-refractivity contribution in [3.63, 3.8) is 0 Å². The molecule has 21 heavy (non-hydrogen) atoms. The molecule has 0 N–H and O–H groups in total. The van der Waals surface area contributed by atoms with Gasteiger partial charge in [0, 0.05) is 10.6 Å². The van der Waals surface area contributed by atoms with Crippen molar-refractivity contribution >= 4 is 27.5 Å². The summed E-state index contributed by atoms with van der Waals surface area (Å²) in [5.41, 5.74) is 5.39. The van der Waals surface area contributed by atoms with Crippen LogP contribution in [0, 0.1) is 0 Å². The van der Waals surface area contributed by atoms with Crippen molar-refractivity contribution in [3.8, 4) is 5.75 Å². The van der Waals surface area contributed by atoms with Gasteiger partial charge < -0.3 is 4.74 Å². The second-order valence-electron chi connectivity index (χ2n) is 5.48. The molecule has 0 bridgehead atoms. The van der Waals surface area contributed by atoms with E-state index in [0.29, 0.717) is 5.02 Å². The van der Waals surface area contributed by atoms with E-state index in [1.54, 1.807) is 7.11 Å². The van der Waals surface area contributed by atoms with Crippen LogP contribution in [-0.4, -0.2) is 7.11 Å². The minimum Gasteiger partial charge on any atom is -0.496 e. The fourth-order valence-corrected chi connectivity index (χ4v) is 3.81. The number of halogens is 2. The van der Waals surface area contributed by atoms with E-state index in [2.05, 4.69) is 34.1 Å². The maximum atomic E-state index is 6.05. The Hall–Kier alpha value is -0.990. The Labute approximate surface area is 139 Å². The molecule has 0 aliphatic heterocycles. The lowest BCUT2D eigenvalue weighted by molar-refractivity contribution is 0.410. The number of fused-ring (bicyclic) bond motifs is 1. The molecular formula is C18H18BrClO. The zero-order valence-electron chi connectivity index (χ0n) is 12.0. The van der Waals surface area contributed by atoms with Gasteiger partial charge in [0.05, 0.1) is 11.9 Å². The highest BCUT2D eigenvalue weighted by atomic mass is 79.9. The number of benzene rings is 2. The SMILES string of the molecule is COc1cc(Cl)ccc1C(Br)c1ccc2c(c1)CCCC2. The van der Waals surface area contributed by atoms with Gasteiger partial charge >= 0.3 is 0 Å². The van der Waals surface area contributed by atoms with Gasteiger partial charge in [-0.05, 0) is 54.5 Å². The minimum absolute atomic E-state index is 0.122. The molecule has 0 spiro atoms. The first-order chi connectivity index (χ1) is 10.2. The van der Waals surface area contributed by atoms with Crippen LogP contribution in [0.5, 0.6) is 5.75 Å². The van der Waals surface area contributed by atoms with Crippen molar-refractivity contribution in [2.75, 3.05) is 7.11 Å². The average molecular weight is 366 g/mol. The number of rotatable bonds is 3. The van der Waals surface area contributed by atoms with Gasteiger partial charge in [-0.15, -0.1) is 0 Å². The second-order valence-corrected chi connectivity index (χ2v) is 6.84. The van der Waals surface area contributed by atoms with Crippen LogP contribution in [0.15, 0.2) is 36.4 Å². The monoisotopic (exact) mass is 364 g/mol. The lowest BCUT2D eigenvalue weighted by atomic mass is 9.89. The van der Waals surface area contributed by atoms with Gasteiger partial charge in [0.2, 0.25) is 0 Å². The summed E-state index contributed by atoms with van der Waals surface area (Å²) in [6, 6.07) is 12.6. The molecule has 3 heteroatoms. The summed E-state index contributed by atoms with van der Waals surface area (Å²) in [5.74, 6) is 0.821. The summed E-state index contributed by atoms with van der Waals surface area (Å²) < 4.78 is 5.47. The molecule has 1 unspecified atom stereocenters. The molecule has 110 valence electrons. The van der Waals surface area contributed by atoms with E-state index in [4.69, 9.17) is 16.3 Å². The number of hydrogen-bond acceptors (Lipinski definition) is 1. The Kier molecular flexibility index (Phi) is 4.56. The van der Waals surface area contributed by atoms with Crippen molar-refractivity contribution in [3.05, 3.63) is 63.7 Å². The van der Waals surface area contributed by atoms with Crippen LogP contribution in [0.25, 0.3) is 0 Å². The van der Waals surface area contributed by atoms with Crippen LogP contribution < -0.4 is 4.74 Å². The molecule has 1 aliphatic carbocycles. The standard InChI is InChI=1S/C18H18BrClO/c1-21-17-11-15(20)8-9-16(17)18(19)14-7-6-12-4-2-3-5-13(12)10-14/h6-11,18H,2-5H2,1H3. The van der Waals surface area contributed by atoms with Crippen molar-refractivity contribution < 1.29 is 4.74 Å². The van der Waals surface area contributed by atoms with E-state index in [1.165, 1.54) is 42.4 Å². The van der Waals surface area contributed by atoms with Gasteiger partial charge in [0.15, 0.2) is 0 Å². The zero-order valence-corrected chi connectivity index (χ0v) is 14.4. The zero-order chi connectivity index (χ0) is 14.8. The van der Waals surface area contributed by atoms with Crippen molar-refractivity contribution in [2.24, 2.45) is 0 Å². The summed E-state index contributed by atoms with van der Waals surface area (Å²) in [7, 11) is 1.68. The summed E-state index contributed by atoms with van der Waals surface area (Å²) in [6.45, 7) is 0. The first kappa shape index (κ1) is 14.9. The van der Waals surface area contributed by atoms with Gasteiger partial charge in [-0.25, -0.2) is 0 Å². The van der Waals surface area contributed by atoms with Gasteiger partial charge in [-0.2, -0.15) is 0 Å². The number of ether oxygens (including phenoxy) is 1. The van der Waals surface area contributed by atoms with Gasteiger partial charge in [0.25, 0.3) is 0 Å². The topological polar surface area (TPSA) is 9.23 Å². The number of hydrogen-bond donors (Lipinski definition) is 0. The third-order valence-corrected chi connectivity index (χ3v) is 5.39. The number of aryl methyl sites for hydroxylation is 2. The van der Waals surface area contributed by atoms with E-state index >= 15 is 0 Å². The maximum absolute atomic E-state index is 6.05. The predicted octanol–water partition coefficient (Wildman–Crippen LogP) is 5.71. The Balaban J connectivity index is 1.96. The molecule has 1 nitrogen and oxygen atoms in total. The third kappa shape index (κ3) is 3.12. The number of alkyl halides is 1. The Morgan fingerprint density at radius 2 is 1.81 bits per heavy atom. The average Bonchev–Trinajstić information content (AvgIpc) is 2.53. The molecule has 3 rings (SSSR count). The van der Waals surface area contributed by atoms with E-state index in [1.807, 2.05) is 18.2 Å². The van der Waals surface area contributed by atoms with Crippen LogP contribution in [0.3, 0.4) is 0 Å². The molecule has 0 saturated carbocycles. The van der Waals surface area contributed by atoms with Gasteiger partial charge in [-0.3, -0.25) is 0 Å². The van der Waals surface area contributed by atoms with Crippen LogP contribution in [-0.2, 0) is 12.8 Å². The van der Waals surface area contributed by atoms with Crippen LogP contribution >= 0.6 is 27.5 Å². The Bertz CT molecular complexity index is 654. The largest absolute Gasteiger partial charge is 0.496 e. The molecule has 0 heterocycles. The van der Waals surface area contributed by atoms with Crippen LogP contribution in [0.4, 0.5) is 0 Å². The summed E-state index contributed by atoms with van der Waals surface area (Å²) in [6.07, 6.45) is 5.02. The highest BCUT2D eigenvalue weighted by Crippen LogP contribution is 2.39. The summed E-state index contributed by atoms with van der Waals surface area (Å²) in [5, 5.41) is 0.695. The van der Waals surface area contributed by atoms with E-state index in [9.17, 15) is 0 Å². The lowest BCUT2D eigenvalue weighted by Gasteiger charge is -2.20. The van der Waals surface area contributed by atoms with Gasteiger partial charge in [-0.1, -0.05) is 51.8 Å². The van der Waals surface area contributed by atoms with E-state index in [-0.39, 0.29) is 4.83 Å². The quantitative estimate of drug-likeness (QED) is 0.633. The Morgan fingerprint density at radius 3 is 2.57 bits per heavy atom. The summed E-state index contributed by atoms with van der Waals surface area (Å²) >= 11 is 9.86. The highest BCUT2D eigenvalue weighted by Gasteiger charge is 2.18.